The van der Waals surface area contributed by atoms with E-state index in [-0.39, 0.29) is 11.9 Å². The SMILES string of the molecule is NC1COC(c2nnc(-c3ccc(Cl)cc3)o2)OC1. The normalized spacial score (nSPS) is 23.5. The highest BCUT2D eigenvalue weighted by molar-refractivity contribution is 6.30. The molecule has 1 aromatic carbocycles. The first-order valence-electron chi connectivity index (χ1n) is 5.80. The van der Waals surface area contributed by atoms with Gasteiger partial charge in [-0.3, -0.25) is 0 Å². The minimum Gasteiger partial charge on any atom is -0.416 e. The Morgan fingerprint density at radius 3 is 2.47 bits per heavy atom. The van der Waals surface area contributed by atoms with Gasteiger partial charge in [-0.2, -0.15) is 0 Å². The number of benzene rings is 1. The summed E-state index contributed by atoms with van der Waals surface area (Å²) in [6.07, 6.45) is -0.645. The molecule has 1 saturated heterocycles. The molecular formula is C12H12ClN3O3. The predicted octanol–water partition coefficient (Wildman–Crippen LogP) is 1.76. The molecule has 2 aromatic rings. The van der Waals surface area contributed by atoms with Crippen LogP contribution in [0, 0.1) is 0 Å². The number of nitrogens with two attached hydrogens (primary N) is 1. The predicted molar refractivity (Wildman–Crippen MR) is 67.4 cm³/mol. The zero-order chi connectivity index (χ0) is 13.2. The van der Waals surface area contributed by atoms with E-state index in [1.54, 1.807) is 24.3 Å². The van der Waals surface area contributed by atoms with Crippen LogP contribution in [0.4, 0.5) is 0 Å². The Morgan fingerprint density at radius 2 is 1.79 bits per heavy atom. The molecule has 0 unspecified atom stereocenters. The molecule has 0 atom stereocenters. The Morgan fingerprint density at radius 1 is 1.11 bits per heavy atom. The number of rotatable bonds is 2. The van der Waals surface area contributed by atoms with E-state index < -0.39 is 6.29 Å². The molecule has 0 spiro atoms. The highest BCUT2D eigenvalue weighted by Crippen LogP contribution is 2.25. The first kappa shape index (κ1) is 12.6. The molecule has 7 heteroatoms. The molecule has 2 heterocycles. The molecule has 1 fully saturated rings. The van der Waals surface area contributed by atoms with Crippen molar-refractivity contribution in [3.8, 4) is 11.5 Å². The van der Waals surface area contributed by atoms with E-state index in [9.17, 15) is 0 Å². The lowest BCUT2D eigenvalue weighted by Gasteiger charge is -2.24. The molecule has 2 N–H and O–H groups in total. The maximum absolute atomic E-state index is 5.82. The Hall–Kier alpha value is -1.47. The maximum Gasteiger partial charge on any atom is 0.273 e. The Kier molecular flexibility index (Phi) is 3.48. The van der Waals surface area contributed by atoms with Crippen molar-refractivity contribution in [2.75, 3.05) is 13.2 Å². The van der Waals surface area contributed by atoms with Crippen molar-refractivity contribution in [2.24, 2.45) is 5.73 Å². The maximum atomic E-state index is 5.82. The van der Waals surface area contributed by atoms with Gasteiger partial charge < -0.3 is 19.6 Å². The fourth-order valence-corrected chi connectivity index (χ4v) is 1.83. The minimum absolute atomic E-state index is 0.116. The number of ether oxygens (including phenoxy) is 2. The van der Waals surface area contributed by atoms with Gasteiger partial charge in [-0.15, -0.1) is 10.2 Å². The van der Waals surface area contributed by atoms with Crippen LogP contribution in [-0.2, 0) is 9.47 Å². The number of nitrogens with zero attached hydrogens (tertiary/aromatic N) is 2. The second-order valence-corrected chi connectivity index (χ2v) is 4.65. The summed E-state index contributed by atoms with van der Waals surface area (Å²) in [6.45, 7) is 0.812. The van der Waals surface area contributed by atoms with E-state index in [4.69, 9.17) is 31.2 Å². The fraction of sp³-hybridized carbons (Fsp3) is 0.333. The Bertz CT molecular complexity index is 550. The summed E-state index contributed by atoms with van der Waals surface area (Å²) < 4.78 is 16.3. The number of hydrogen-bond acceptors (Lipinski definition) is 6. The number of aromatic nitrogens is 2. The molecule has 0 radical (unpaired) electrons. The van der Waals surface area contributed by atoms with Crippen molar-refractivity contribution < 1.29 is 13.9 Å². The van der Waals surface area contributed by atoms with Gasteiger partial charge in [0.15, 0.2) is 0 Å². The van der Waals surface area contributed by atoms with E-state index in [1.165, 1.54) is 0 Å². The van der Waals surface area contributed by atoms with Crippen LogP contribution in [-0.4, -0.2) is 29.5 Å². The van der Waals surface area contributed by atoms with E-state index in [1.807, 2.05) is 0 Å². The lowest BCUT2D eigenvalue weighted by Crippen LogP contribution is -2.37. The molecule has 100 valence electrons. The average Bonchev–Trinajstić information content (AvgIpc) is 2.90. The van der Waals surface area contributed by atoms with E-state index in [2.05, 4.69) is 10.2 Å². The first-order chi connectivity index (χ1) is 9.22. The average molecular weight is 282 g/mol. The van der Waals surface area contributed by atoms with Crippen LogP contribution in [0.15, 0.2) is 28.7 Å². The van der Waals surface area contributed by atoms with Crippen LogP contribution in [0.25, 0.3) is 11.5 Å². The highest BCUT2D eigenvalue weighted by atomic mass is 35.5. The van der Waals surface area contributed by atoms with Gasteiger partial charge in [-0.1, -0.05) is 11.6 Å². The summed E-state index contributed by atoms with van der Waals surface area (Å²) in [4.78, 5) is 0. The smallest absolute Gasteiger partial charge is 0.273 e. The van der Waals surface area contributed by atoms with E-state index in [0.29, 0.717) is 24.1 Å². The zero-order valence-electron chi connectivity index (χ0n) is 9.95. The minimum atomic E-state index is -0.645. The molecule has 0 aliphatic carbocycles. The summed E-state index contributed by atoms with van der Waals surface area (Å²) in [6, 6.07) is 7.01. The van der Waals surface area contributed by atoms with Crippen LogP contribution in [0.2, 0.25) is 5.02 Å². The lowest BCUT2D eigenvalue weighted by molar-refractivity contribution is -0.200. The Balaban J connectivity index is 1.77. The van der Waals surface area contributed by atoms with Crippen LogP contribution >= 0.6 is 11.6 Å². The van der Waals surface area contributed by atoms with Crippen molar-refractivity contribution in [1.29, 1.82) is 0 Å². The first-order valence-corrected chi connectivity index (χ1v) is 6.18. The third kappa shape index (κ3) is 2.76. The van der Waals surface area contributed by atoms with Gasteiger partial charge in [-0.25, -0.2) is 0 Å². The summed E-state index contributed by atoms with van der Waals surface area (Å²) in [5, 5.41) is 8.53. The fourth-order valence-electron chi connectivity index (χ4n) is 1.70. The molecule has 1 aliphatic heterocycles. The topological polar surface area (TPSA) is 83.4 Å². The van der Waals surface area contributed by atoms with Gasteiger partial charge in [0.05, 0.1) is 19.3 Å². The summed E-state index contributed by atoms with van der Waals surface area (Å²) in [5.41, 5.74) is 6.44. The monoisotopic (exact) mass is 281 g/mol. The van der Waals surface area contributed by atoms with Gasteiger partial charge in [0.25, 0.3) is 5.89 Å². The molecular weight excluding hydrogens is 270 g/mol. The standard InChI is InChI=1S/C12H12ClN3O3/c13-8-3-1-7(2-4-8)10-15-16-11(19-10)12-17-5-9(14)6-18-12/h1-4,9,12H,5-6,14H2. The van der Waals surface area contributed by atoms with Crippen LogP contribution in [0.5, 0.6) is 0 Å². The molecule has 0 bridgehead atoms. The van der Waals surface area contributed by atoms with E-state index >= 15 is 0 Å². The zero-order valence-corrected chi connectivity index (χ0v) is 10.7. The number of hydrogen-bond donors (Lipinski definition) is 1. The van der Waals surface area contributed by atoms with Crippen molar-refractivity contribution >= 4 is 11.6 Å². The molecule has 3 rings (SSSR count). The third-order valence-electron chi connectivity index (χ3n) is 2.66. The summed E-state index contributed by atoms with van der Waals surface area (Å²) in [7, 11) is 0. The number of halogens is 1. The summed E-state index contributed by atoms with van der Waals surface area (Å²) >= 11 is 5.82. The molecule has 19 heavy (non-hydrogen) atoms. The molecule has 0 saturated carbocycles. The van der Waals surface area contributed by atoms with Crippen LogP contribution in [0.3, 0.4) is 0 Å². The largest absolute Gasteiger partial charge is 0.416 e. The summed E-state index contributed by atoms with van der Waals surface area (Å²) in [5.74, 6) is 0.686. The van der Waals surface area contributed by atoms with Crippen molar-refractivity contribution in [3.63, 3.8) is 0 Å². The molecule has 1 aromatic heterocycles. The molecule has 6 nitrogen and oxygen atoms in total. The van der Waals surface area contributed by atoms with Crippen LogP contribution in [0.1, 0.15) is 12.2 Å². The Labute approximate surface area is 114 Å². The van der Waals surface area contributed by atoms with E-state index in [0.717, 1.165) is 5.56 Å². The van der Waals surface area contributed by atoms with Gasteiger partial charge in [0.2, 0.25) is 12.2 Å². The van der Waals surface area contributed by atoms with Crippen molar-refractivity contribution in [3.05, 3.63) is 35.2 Å². The van der Waals surface area contributed by atoms with Crippen molar-refractivity contribution in [1.82, 2.24) is 10.2 Å². The van der Waals surface area contributed by atoms with Crippen LogP contribution < -0.4 is 5.73 Å². The quantitative estimate of drug-likeness (QED) is 0.903. The second-order valence-electron chi connectivity index (χ2n) is 4.21. The molecule has 1 aliphatic rings. The molecule has 0 amide bonds. The third-order valence-corrected chi connectivity index (χ3v) is 2.91. The van der Waals surface area contributed by atoms with Gasteiger partial charge >= 0.3 is 0 Å². The second kappa shape index (κ2) is 5.26. The van der Waals surface area contributed by atoms with Gasteiger partial charge in [0, 0.05) is 10.6 Å². The van der Waals surface area contributed by atoms with Gasteiger partial charge in [-0.05, 0) is 24.3 Å². The van der Waals surface area contributed by atoms with Gasteiger partial charge in [0.1, 0.15) is 0 Å². The van der Waals surface area contributed by atoms with Crippen molar-refractivity contribution in [2.45, 2.75) is 12.3 Å². The lowest BCUT2D eigenvalue weighted by atomic mass is 10.2. The highest BCUT2D eigenvalue weighted by Gasteiger charge is 2.26.